The zero-order chi connectivity index (χ0) is 14.3. The van der Waals surface area contributed by atoms with Gasteiger partial charge in [-0.3, -0.25) is 14.2 Å². The molecule has 6 nitrogen and oxygen atoms in total. The number of ketones is 1. The van der Waals surface area contributed by atoms with Crippen LogP contribution in [0.2, 0.25) is 0 Å². The highest BCUT2D eigenvalue weighted by molar-refractivity contribution is 5.96. The van der Waals surface area contributed by atoms with Crippen LogP contribution in [0.5, 0.6) is 0 Å². The number of Topliss-reactive ketones (excluding diaryl/α,β-unsaturated/α-hetero) is 1. The van der Waals surface area contributed by atoms with E-state index in [-0.39, 0.29) is 11.8 Å². The summed E-state index contributed by atoms with van der Waals surface area (Å²) in [6.07, 6.45) is 2.94. The van der Waals surface area contributed by atoms with Crippen molar-refractivity contribution in [2.45, 2.75) is 39.3 Å². The van der Waals surface area contributed by atoms with Gasteiger partial charge < -0.3 is 0 Å². The van der Waals surface area contributed by atoms with Crippen molar-refractivity contribution in [2.75, 3.05) is 0 Å². The number of nitrogens with zero attached hydrogens (tertiary/aromatic N) is 5. The Morgan fingerprint density at radius 3 is 2.90 bits per heavy atom. The van der Waals surface area contributed by atoms with Crippen molar-refractivity contribution in [3.05, 3.63) is 23.5 Å². The summed E-state index contributed by atoms with van der Waals surface area (Å²) in [5.74, 6) is 0.115. The summed E-state index contributed by atoms with van der Waals surface area (Å²) in [6, 6.07) is 4.05. The second-order valence-corrected chi connectivity index (χ2v) is 5.22. The number of nitriles is 1. The predicted octanol–water partition coefficient (Wildman–Crippen LogP) is 2.18. The topological polar surface area (TPSA) is 76.5 Å². The summed E-state index contributed by atoms with van der Waals surface area (Å²) in [7, 11) is 0. The zero-order valence-electron chi connectivity index (χ0n) is 11.5. The highest BCUT2D eigenvalue weighted by Crippen LogP contribution is 2.27. The van der Waals surface area contributed by atoms with Crippen molar-refractivity contribution in [1.29, 1.82) is 5.26 Å². The first-order valence-corrected chi connectivity index (χ1v) is 6.71. The molecule has 1 aliphatic heterocycles. The number of aryl methyl sites for hydroxylation is 1. The average molecular weight is 269 g/mol. The van der Waals surface area contributed by atoms with Crippen LogP contribution in [0, 0.1) is 11.3 Å². The Kier molecular flexibility index (Phi) is 2.90. The molecule has 0 saturated heterocycles. The minimum Gasteiger partial charge on any atom is -0.292 e. The van der Waals surface area contributed by atoms with Gasteiger partial charge in [0.05, 0.1) is 11.8 Å². The van der Waals surface area contributed by atoms with Gasteiger partial charge in [-0.2, -0.15) is 15.5 Å². The number of carbonyl (C=O) groups is 1. The van der Waals surface area contributed by atoms with Crippen molar-refractivity contribution in [3.8, 4) is 17.5 Å². The van der Waals surface area contributed by atoms with Crippen LogP contribution in [0.4, 0.5) is 0 Å². The number of carbonyl (C=O) groups excluding carboxylic acids is 1. The largest absolute Gasteiger partial charge is 0.292 e. The lowest BCUT2D eigenvalue weighted by Gasteiger charge is -2.11. The highest BCUT2D eigenvalue weighted by Gasteiger charge is 2.24. The summed E-state index contributed by atoms with van der Waals surface area (Å²) in [4.78, 5) is 11.9. The van der Waals surface area contributed by atoms with Crippen LogP contribution in [0.25, 0.3) is 11.4 Å². The fourth-order valence-corrected chi connectivity index (χ4v) is 2.54. The molecule has 3 heterocycles. The van der Waals surface area contributed by atoms with Crippen molar-refractivity contribution in [1.82, 2.24) is 19.6 Å². The number of aromatic nitrogens is 4. The van der Waals surface area contributed by atoms with Crippen molar-refractivity contribution in [3.63, 3.8) is 0 Å². The van der Waals surface area contributed by atoms with Crippen molar-refractivity contribution in [2.24, 2.45) is 0 Å². The third-order valence-electron chi connectivity index (χ3n) is 3.49. The van der Waals surface area contributed by atoms with Gasteiger partial charge in [0.25, 0.3) is 0 Å². The fourth-order valence-electron chi connectivity index (χ4n) is 2.54. The van der Waals surface area contributed by atoms with Crippen LogP contribution in [-0.4, -0.2) is 25.3 Å². The second-order valence-electron chi connectivity index (χ2n) is 5.22. The van der Waals surface area contributed by atoms with Gasteiger partial charge in [0.1, 0.15) is 23.2 Å². The van der Waals surface area contributed by atoms with Gasteiger partial charge in [-0.1, -0.05) is 0 Å². The Bertz CT molecular complexity index is 716. The normalized spacial score (nSPS) is 14.4. The first-order chi connectivity index (χ1) is 9.61. The minimum atomic E-state index is 0.115. The molecular weight excluding hydrogens is 254 g/mol. The molecule has 0 unspecified atom stereocenters. The van der Waals surface area contributed by atoms with Gasteiger partial charge >= 0.3 is 0 Å². The Hall–Kier alpha value is -2.42. The molecule has 2 aromatic heterocycles. The molecule has 2 aromatic rings. The van der Waals surface area contributed by atoms with E-state index in [1.165, 1.54) is 0 Å². The monoisotopic (exact) mass is 269 g/mol. The molecule has 0 spiro atoms. The van der Waals surface area contributed by atoms with E-state index in [2.05, 4.69) is 16.3 Å². The van der Waals surface area contributed by atoms with E-state index in [4.69, 9.17) is 0 Å². The lowest BCUT2D eigenvalue weighted by molar-refractivity contribution is 0.0951. The molecule has 0 aliphatic carbocycles. The van der Waals surface area contributed by atoms with E-state index in [9.17, 15) is 10.1 Å². The first kappa shape index (κ1) is 12.6. The Morgan fingerprint density at radius 1 is 1.45 bits per heavy atom. The van der Waals surface area contributed by atoms with Crippen LogP contribution in [0.1, 0.15) is 48.8 Å². The van der Waals surface area contributed by atoms with Gasteiger partial charge in [0.15, 0.2) is 5.78 Å². The predicted molar refractivity (Wildman–Crippen MR) is 72.1 cm³/mol. The van der Waals surface area contributed by atoms with Gasteiger partial charge in [0.2, 0.25) is 0 Å². The standard InChI is InChI=1S/C14H15N5O/c1-9(2)19-14(10(7-15)8-16-19)11-6-12-13(20)4-3-5-18(12)17-11/h6,8-9H,3-5H2,1-2H3. The molecular formula is C14H15N5O. The SMILES string of the molecule is CC(C)n1ncc(C#N)c1-c1cc2n(n1)CCCC2=O. The third kappa shape index (κ3) is 1.83. The number of fused-ring (bicyclic) bond motifs is 1. The van der Waals surface area contributed by atoms with E-state index >= 15 is 0 Å². The number of rotatable bonds is 2. The lowest BCUT2D eigenvalue weighted by Crippen LogP contribution is -2.16. The minimum absolute atomic E-state index is 0.115. The molecule has 0 bridgehead atoms. The van der Waals surface area contributed by atoms with E-state index in [0.29, 0.717) is 29.1 Å². The molecule has 6 heteroatoms. The molecule has 0 radical (unpaired) electrons. The molecule has 102 valence electrons. The molecule has 0 aromatic carbocycles. The smallest absolute Gasteiger partial charge is 0.180 e. The van der Waals surface area contributed by atoms with Crippen LogP contribution in [-0.2, 0) is 6.54 Å². The maximum Gasteiger partial charge on any atom is 0.180 e. The van der Waals surface area contributed by atoms with E-state index in [1.807, 2.05) is 13.8 Å². The quantitative estimate of drug-likeness (QED) is 0.837. The Labute approximate surface area is 116 Å². The molecule has 0 N–H and O–H groups in total. The van der Waals surface area contributed by atoms with E-state index < -0.39 is 0 Å². The Balaban J connectivity index is 2.17. The lowest BCUT2D eigenvalue weighted by atomic mass is 10.1. The first-order valence-electron chi connectivity index (χ1n) is 6.71. The maximum atomic E-state index is 11.9. The molecule has 0 amide bonds. The van der Waals surface area contributed by atoms with E-state index in [1.54, 1.807) is 21.6 Å². The summed E-state index contributed by atoms with van der Waals surface area (Å²) < 4.78 is 3.51. The highest BCUT2D eigenvalue weighted by atomic mass is 16.1. The van der Waals surface area contributed by atoms with Gasteiger partial charge in [-0.25, -0.2) is 0 Å². The third-order valence-corrected chi connectivity index (χ3v) is 3.49. The second kappa shape index (κ2) is 4.60. The van der Waals surface area contributed by atoms with Crippen molar-refractivity contribution >= 4 is 5.78 Å². The summed E-state index contributed by atoms with van der Waals surface area (Å²) in [5, 5.41) is 18.0. The summed E-state index contributed by atoms with van der Waals surface area (Å²) in [5.41, 5.74) is 2.46. The average Bonchev–Trinajstić information content (AvgIpc) is 3.02. The molecule has 20 heavy (non-hydrogen) atoms. The van der Waals surface area contributed by atoms with Crippen LogP contribution < -0.4 is 0 Å². The Morgan fingerprint density at radius 2 is 2.25 bits per heavy atom. The molecule has 0 fully saturated rings. The fraction of sp³-hybridized carbons (Fsp3) is 0.429. The summed E-state index contributed by atoms with van der Waals surface area (Å²) >= 11 is 0. The molecule has 0 saturated carbocycles. The van der Waals surface area contributed by atoms with Crippen LogP contribution in [0.15, 0.2) is 12.3 Å². The number of hydrogen-bond donors (Lipinski definition) is 0. The molecule has 1 aliphatic rings. The number of hydrogen-bond acceptors (Lipinski definition) is 4. The molecule has 3 rings (SSSR count). The zero-order valence-corrected chi connectivity index (χ0v) is 11.5. The summed E-state index contributed by atoms with van der Waals surface area (Å²) in [6.45, 7) is 4.75. The van der Waals surface area contributed by atoms with Gasteiger partial charge in [-0.15, -0.1) is 0 Å². The van der Waals surface area contributed by atoms with Crippen LogP contribution >= 0.6 is 0 Å². The molecule has 0 atom stereocenters. The van der Waals surface area contributed by atoms with E-state index in [0.717, 1.165) is 13.0 Å². The van der Waals surface area contributed by atoms with Crippen LogP contribution in [0.3, 0.4) is 0 Å². The van der Waals surface area contributed by atoms with Gasteiger partial charge in [-0.05, 0) is 26.3 Å². The maximum absolute atomic E-state index is 11.9. The van der Waals surface area contributed by atoms with Gasteiger partial charge in [0, 0.05) is 19.0 Å². The van der Waals surface area contributed by atoms with Crippen molar-refractivity contribution < 1.29 is 4.79 Å².